The van der Waals surface area contributed by atoms with E-state index in [1.165, 1.54) is 29.2 Å². The van der Waals surface area contributed by atoms with E-state index in [-0.39, 0.29) is 41.8 Å². The van der Waals surface area contributed by atoms with Crippen molar-refractivity contribution in [3.63, 3.8) is 0 Å². The van der Waals surface area contributed by atoms with Gasteiger partial charge >= 0.3 is 0 Å². The SMILES string of the molecule is CCCCNC(=O)C(CC)N(Cc1c(Cl)cccc1Cl)C(=O)CN(c1ccccc1OCC)S(=O)(=O)c1ccc(Cl)cc1. The number of para-hydroxylation sites is 2. The van der Waals surface area contributed by atoms with E-state index in [9.17, 15) is 18.0 Å². The number of benzene rings is 3. The van der Waals surface area contributed by atoms with E-state index in [0.717, 1.165) is 17.1 Å². The molecule has 232 valence electrons. The van der Waals surface area contributed by atoms with Crippen LogP contribution in [-0.2, 0) is 26.2 Å². The fourth-order valence-corrected chi connectivity index (χ4v) is 6.53. The first-order valence-corrected chi connectivity index (χ1v) is 16.6. The summed E-state index contributed by atoms with van der Waals surface area (Å²) in [5.74, 6) is -0.702. The summed E-state index contributed by atoms with van der Waals surface area (Å²) in [4.78, 5) is 28.9. The van der Waals surface area contributed by atoms with Gasteiger partial charge < -0.3 is 15.0 Å². The van der Waals surface area contributed by atoms with E-state index < -0.39 is 28.5 Å². The zero-order valence-electron chi connectivity index (χ0n) is 24.4. The third kappa shape index (κ3) is 8.79. The number of hydrogen-bond donors (Lipinski definition) is 1. The minimum atomic E-state index is -4.31. The highest BCUT2D eigenvalue weighted by atomic mass is 35.5. The second-order valence-electron chi connectivity index (χ2n) is 9.66. The van der Waals surface area contributed by atoms with Crippen LogP contribution < -0.4 is 14.4 Å². The average Bonchev–Trinajstić information content (AvgIpc) is 2.98. The Morgan fingerprint density at radius 1 is 0.907 bits per heavy atom. The molecule has 3 rings (SSSR count). The molecule has 1 N–H and O–H groups in total. The molecule has 0 saturated carbocycles. The topological polar surface area (TPSA) is 96.0 Å². The molecule has 0 heterocycles. The Balaban J connectivity index is 2.12. The first-order chi connectivity index (χ1) is 20.5. The molecule has 43 heavy (non-hydrogen) atoms. The maximum absolute atomic E-state index is 14.3. The number of nitrogens with zero attached hydrogens (tertiary/aromatic N) is 2. The standard InChI is InChI=1S/C31H36Cl3N3O5S/c1-4-7-19-35-31(39)27(5-2)36(20-24-25(33)11-10-12-26(24)34)30(38)21-37(28-13-8-9-14-29(28)42-6-3)43(40,41)23-17-15-22(32)16-18-23/h8-18,27H,4-7,19-21H2,1-3H3,(H,35,39). The summed E-state index contributed by atoms with van der Waals surface area (Å²) < 4.78 is 35.0. The van der Waals surface area contributed by atoms with E-state index in [1.54, 1.807) is 56.3 Å². The lowest BCUT2D eigenvalue weighted by Gasteiger charge is -2.34. The lowest BCUT2D eigenvalue weighted by molar-refractivity contribution is -0.140. The van der Waals surface area contributed by atoms with Crippen LogP contribution in [-0.4, -0.2) is 50.9 Å². The van der Waals surface area contributed by atoms with Crippen molar-refractivity contribution < 1.29 is 22.7 Å². The maximum atomic E-state index is 14.3. The number of ether oxygens (including phenoxy) is 1. The number of sulfonamides is 1. The molecule has 0 saturated heterocycles. The third-order valence-electron chi connectivity index (χ3n) is 6.72. The molecule has 0 bridgehead atoms. The summed E-state index contributed by atoms with van der Waals surface area (Å²) >= 11 is 19.0. The van der Waals surface area contributed by atoms with E-state index in [0.29, 0.717) is 27.2 Å². The Labute approximate surface area is 268 Å². The number of hydrogen-bond acceptors (Lipinski definition) is 5. The second kappa shape index (κ2) is 16.2. The maximum Gasteiger partial charge on any atom is 0.264 e. The molecule has 3 aromatic rings. The Kier molecular flexibility index (Phi) is 13.0. The van der Waals surface area contributed by atoms with Gasteiger partial charge in [-0.2, -0.15) is 0 Å². The number of amides is 2. The van der Waals surface area contributed by atoms with E-state index >= 15 is 0 Å². The third-order valence-corrected chi connectivity index (χ3v) is 9.45. The number of rotatable bonds is 15. The quantitative estimate of drug-likeness (QED) is 0.177. The molecule has 0 aromatic heterocycles. The largest absolute Gasteiger partial charge is 0.492 e. The Hall–Kier alpha value is -2.98. The van der Waals surface area contributed by atoms with Gasteiger partial charge in [0.25, 0.3) is 10.0 Å². The highest BCUT2D eigenvalue weighted by molar-refractivity contribution is 7.92. The van der Waals surface area contributed by atoms with Crippen LogP contribution in [0.3, 0.4) is 0 Å². The smallest absolute Gasteiger partial charge is 0.264 e. The minimum Gasteiger partial charge on any atom is -0.492 e. The fourth-order valence-electron chi connectivity index (χ4n) is 4.47. The predicted molar refractivity (Wildman–Crippen MR) is 173 cm³/mol. The zero-order chi connectivity index (χ0) is 31.6. The van der Waals surface area contributed by atoms with Gasteiger partial charge in [-0.25, -0.2) is 8.42 Å². The van der Waals surface area contributed by atoms with Crippen LogP contribution in [0.15, 0.2) is 71.6 Å². The van der Waals surface area contributed by atoms with Gasteiger partial charge in [0, 0.05) is 33.7 Å². The number of halogens is 3. The zero-order valence-corrected chi connectivity index (χ0v) is 27.4. The summed E-state index contributed by atoms with van der Waals surface area (Å²) in [5.41, 5.74) is 0.615. The van der Waals surface area contributed by atoms with Crippen LogP contribution in [0, 0.1) is 0 Å². The van der Waals surface area contributed by atoms with Gasteiger partial charge in [0.05, 0.1) is 17.2 Å². The van der Waals surface area contributed by atoms with Crippen LogP contribution in [0.4, 0.5) is 5.69 Å². The molecule has 0 aliphatic rings. The molecule has 1 unspecified atom stereocenters. The molecule has 2 amide bonds. The van der Waals surface area contributed by atoms with Gasteiger partial charge in [-0.05, 0) is 68.3 Å². The van der Waals surface area contributed by atoms with Gasteiger partial charge in [0.15, 0.2) is 0 Å². The molecule has 12 heteroatoms. The van der Waals surface area contributed by atoms with E-state index in [4.69, 9.17) is 39.5 Å². The number of nitrogens with one attached hydrogen (secondary N) is 1. The molecule has 1 atom stereocenters. The lowest BCUT2D eigenvalue weighted by Crippen LogP contribution is -2.52. The number of anilines is 1. The highest BCUT2D eigenvalue weighted by Crippen LogP contribution is 2.34. The second-order valence-corrected chi connectivity index (χ2v) is 12.8. The molecular formula is C31H36Cl3N3O5S. The fraction of sp³-hybridized carbons (Fsp3) is 0.355. The van der Waals surface area contributed by atoms with Crippen molar-refractivity contribution in [3.8, 4) is 5.75 Å². The van der Waals surface area contributed by atoms with Crippen molar-refractivity contribution in [2.24, 2.45) is 0 Å². The number of unbranched alkanes of at least 4 members (excludes halogenated alkanes) is 1. The first kappa shape index (κ1) is 34.5. The summed E-state index contributed by atoms with van der Waals surface area (Å²) in [5, 5.41) is 3.89. The van der Waals surface area contributed by atoms with Crippen molar-refractivity contribution >= 4 is 62.3 Å². The van der Waals surface area contributed by atoms with Gasteiger partial charge in [0.2, 0.25) is 11.8 Å². The lowest BCUT2D eigenvalue weighted by atomic mass is 10.1. The van der Waals surface area contributed by atoms with Crippen molar-refractivity contribution in [2.75, 3.05) is 24.0 Å². The first-order valence-electron chi connectivity index (χ1n) is 14.0. The monoisotopic (exact) mass is 667 g/mol. The highest BCUT2D eigenvalue weighted by Gasteiger charge is 2.35. The van der Waals surface area contributed by atoms with E-state index in [1.807, 2.05) is 6.92 Å². The summed E-state index contributed by atoms with van der Waals surface area (Å²) in [6, 6.07) is 16.3. The van der Waals surface area contributed by atoms with Crippen molar-refractivity contribution in [3.05, 3.63) is 87.4 Å². The average molecular weight is 669 g/mol. The molecular weight excluding hydrogens is 633 g/mol. The molecule has 8 nitrogen and oxygen atoms in total. The number of carbonyl (C=O) groups is 2. The van der Waals surface area contributed by atoms with Crippen LogP contribution >= 0.6 is 34.8 Å². The van der Waals surface area contributed by atoms with Crippen molar-refractivity contribution in [1.29, 1.82) is 0 Å². The number of carbonyl (C=O) groups excluding carboxylic acids is 2. The van der Waals surface area contributed by atoms with Gasteiger partial charge in [0.1, 0.15) is 18.3 Å². The Morgan fingerprint density at radius 3 is 2.16 bits per heavy atom. The molecule has 0 aliphatic heterocycles. The molecule has 0 spiro atoms. The summed E-state index contributed by atoms with van der Waals surface area (Å²) in [7, 11) is -4.31. The summed E-state index contributed by atoms with van der Waals surface area (Å²) in [6.45, 7) is 5.54. The Bertz CT molecular complexity index is 1480. The molecule has 3 aromatic carbocycles. The van der Waals surface area contributed by atoms with E-state index in [2.05, 4.69) is 5.32 Å². The van der Waals surface area contributed by atoms with Crippen LogP contribution in [0.2, 0.25) is 15.1 Å². The van der Waals surface area contributed by atoms with Gasteiger partial charge in [-0.3, -0.25) is 13.9 Å². The Morgan fingerprint density at radius 2 is 1.56 bits per heavy atom. The van der Waals surface area contributed by atoms with Crippen molar-refractivity contribution in [2.45, 2.75) is 57.5 Å². The van der Waals surface area contributed by atoms with Crippen LogP contribution in [0.5, 0.6) is 5.75 Å². The van der Waals surface area contributed by atoms with Crippen molar-refractivity contribution in [1.82, 2.24) is 10.2 Å². The summed E-state index contributed by atoms with van der Waals surface area (Å²) in [6.07, 6.45) is 1.92. The van der Waals surface area contributed by atoms with Gasteiger partial charge in [-0.15, -0.1) is 0 Å². The molecule has 0 fully saturated rings. The molecule has 0 radical (unpaired) electrons. The molecule has 0 aliphatic carbocycles. The predicted octanol–water partition coefficient (Wildman–Crippen LogP) is 6.96. The van der Waals surface area contributed by atoms with Gasteiger partial charge in [-0.1, -0.05) is 73.3 Å². The van der Waals surface area contributed by atoms with Crippen LogP contribution in [0.1, 0.15) is 45.6 Å². The normalized spacial score (nSPS) is 12.0. The van der Waals surface area contributed by atoms with Crippen LogP contribution in [0.25, 0.3) is 0 Å². The minimum absolute atomic E-state index is 0.0685.